The first kappa shape index (κ1) is 24.8. The SMILES string of the molecule is COc1ncccc1-c1cn2ncc(C(=O)Nc3cc(NC(=O)CN4CC(C)(OC)C4)cnc3C)c2s1.[HH].[HH]. The quantitative estimate of drug-likeness (QED) is 0.358. The molecule has 2 N–H and O–H groups in total. The lowest BCUT2D eigenvalue weighted by molar-refractivity contribution is -0.131. The number of carbonyl (C=O) groups excluding carboxylic acids is 2. The number of nitrogens with one attached hydrogen (secondary N) is 2. The van der Waals surface area contributed by atoms with Gasteiger partial charge in [0.2, 0.25) is 11.8 Å². The Bertz CT molecular complexity index is 1490. The van der Waals surface area contributed by atoms with E-state index in [4.69, 9.17) is 9.47 Å². The molecule has 0 bridgehead atoms. The summed E-state index contributed by atoms with van der Waals surface area (Å²) in [6.07, 6.45) is 6.60. The molecule has 4 aromatic rings. The van der Waals surface area contributed by atoms with Crippen LogP contribution in [0.2, 0.25) is 0 Å². The highest BCUT2D eigenvalue weighted by molar-refractivity contribution is 7.21. The number of ether oxygens (including phenoxy) is 2. The number of nitrogens with zero attached hydrogens (tertiary/aromatic N) is 5. The molecular weight excluding hydrogens is 494 g/mol. The summed E-state index contributed by atoms with van der Waals surface area (Å²) in [5, 5.41) is 10.1. The van der Waals surface area contributed by atoms with E-state index in [0.29, 0.717) is 46.4 Å². The molecule has 1 saturated heterocycles. The lowest BCUT2D eigenvalue weighted by Gasteiger charge is -2.46. The second-order valence-corrected chi connectivity index (χ2v) is 10.2. The molecule has 0 unspecified atom stereocenters. The van der Waals surface area contributed by atoms with Gasteiger partial charge in [-0.05, 0) is 32.0 Å². The fraction of sp³-hybridized carbons (Fsp3) is 0.320. The second-order valence-electron chi connectivity index (χ2n) is 9.12. The van der Waals surface area contributed by atoms with Crippen molar-refractivity contribution in [2.45, 2.75) is 19.4 Å². The molecule has 0 aliphatic carbocycles. The van der Waals surface area contributed by atoms with Crippen molar-refractivity contribution in [3.63, 3.8) is 0 Å². The lowest BCUT2D eigenvalue weighted by atomic mass is 9.96. The van der Waals surface area contributed by atoms with E-state index in [-0.39, 0.29) is 26.8 Å². The molecule has 196 valence electrons. The molecular formula is C25H31N7O4S. The molecule has 5 rings (SSSR count). The predicted octanol–water partition coefficient (Wildman–Crippen LogP) is 3.57. The second kappa shape index (κ2) is 9.88. The van der Waals surface area contributed by atoms with Crippen LogP contribution in [0.15, 0.2) is 43.0 Å². The zero-order chi connectivity index (χ0) is 26.2. The van der Waals surface area contributed by atoms with Gasteiger partial charge in [-0.2, -0.15) is 5.10 Å². The van der Waals surface area contributed by atoms with Crippen molar-refractivity contribution in [2.24, 2.45) is 0 Å². The van der Waals surface area contributed by atoms with E-state index in [0.717, 1.165) is 10.4 Å². The van der Waals surface area contributed by atoms with Crippen molar-refractivity contribution < 1.29 is 21.9 Å². The summed E-state index contributed by atoms with van der Waals surface area (Å²) in [6, 6.07) is 5.44. The van der Waals surface area contributed by atoms with Crippen molar-refractivity contribution in [3.05, 3.63) is 54.2 Å². The number of likely N-dealkylation sites (tertiary alicyclic amines) is 1. The largest absolute Gasteiger partial charge is 0.481 e. The number of hydrogen-bond acceptors (Lipinski definition) is 9. The molecule has 0 atom stereocenters. The van der Waals surface area contributed by atoms with Crippen LogP contribution >= 0.6 is 11.3 Å². The Morgan fingerprint density at radius 2 is 2.03 bits per heavy atom. The molecule has 1 aliphatic heterocycles. The van der Waals surface area contributed by atoms with E-state index in [9.17, 15) is 9.59 Å². The smallest absolute Gasteiger partial charge is 0.260 e. The Morgan fingerprint density at radius 3 is 2.78 bits per heavy atom. The first-order valence-electron chi connectivity index (χ1n) is 11.6. The number of amides is 2. The number of thiazole rings is 1. The number of methoxy groups -OCH3 is 2. The molecule has 37 heavy (non-hydrogen) atoms. The number of rotatable bonds is 8. The number of carbonyl (C=O) groups is 2. The number of hydrogen-bond donors (Lipinski definition) is 2. The Labute approximate surface area is 220 Å². The van der Waals surface area contributed by atoms with Gasteiger partial charge in [0.1, 0.15) is 4.83 Å². The Balaban J connectivity index is 0.00000210. The number of aromatic nitrogens is 4. The van der Waals surface area contributed by atoms with Gasteiger partial charge in [-0.15, -0.1) is 11.3 Å². The van der Waals surface area contributed by atoms with E-state index >= 15 is 0 Å². The summed E-state index contributed by atoms with van der Waals surface area (Å²) in [4.78, 5) is 37.8. The third kappa shape index (κ3) is 5.03. The molecule has 0 aromatic carbocycles. The maximum absolute atomic E-state index is 13.2. The first-order valence-corrected chi connectivity index (χ1v) is 12.4. The minimum absolute atomic E-state index is 0. The zero-order valence-corrected chi connectivity index (χ0v) is 21.8. The summed E-state index contributed by atoms with van der Waals surface area (Å²) < 4.78 is 12.5. The molecule has 5 heterocycles. The summed E-state index contributed by atoms with van der Waals surface area (Å²) >= 11 is 1.42. The van der Waals surface area contributed by atoms with Gasteiger partial charge >= 0.3 is 0 Å². The van der Waals surface area contributed by atoms with Crippen LogP contribution in [0, 0.1) is 6.92 Å². The van der Waals surface area contributed by atoms with Crippen LogP contribution in [0.4, 0.5) is 11.4 Å². The van der Waals surface area contributed by atoms with Crippen LogP contribution in [0.5, 0.6) is 5.88 Å². The van der Waals surface area contributed by atoms with Crippen LogP contribution in [0.3, 0.4) is 0 Å². The van der Waals surface area contributed by atoms with Gasteiger partial charge in [0.25, 0.3) is 5.91 Å². The van der Waals surface area contributed by atoms with Gasteiger partial charge in [0, 0.05) is 35.4 Å². The molecule has 1 aliphatic rings. The molecule has 4 aromatic heterocycles. The zero-order valence-electron chi connectivity index (χ0n) is 20.9. The minimum Gasteiger partial charge on any atom is -0.481 e. The maximum Gasteiger partial charge on any atom is 0.260 e. The van der Waals surface area contributed by atoms with Crippen LogP contribution in [0.1, 0.15) is 25.8 Å². The van der Waals surface area contributed by atoms with Crippen molar-refractivity contribution in [3.8, 4) is 16.3 Å². The first-order chi connectivity index (χ1) is 17.8. The normalized spacial score (nSPS) is 14.8. The van der Waals surface area contributed by atoms with Gasteiger partial charge in [0.05, 0.1) is 64.7 Å². The minimum atomic E-state index is -0.325. The Morgan fingerprint density at radius 1 is 1.22 bits per heavy atom. The third-order valence-corrected chi connectivity index (χ3v) is 7.41. The molecule has 12 heteroatoms. The molecule has 0 spiro atoms. The molecule has 0 saturated carbocycles. The van der Waals surface area contributed by atoms with Gasteiger partial charge in [-0.25, -0.2) is 9.50 Å². The van der Waals surface area contributed by atoms with Crippen LogP contribution in [-0.4, -0.2) is 75.8 Å². The van der Waals surface area contributed by atoms with Gasteiger partial charge in [-0.3, -0.25) is 19.5 Å². The molecule has 1 fully saturated rings. The van der Waals surface area contributed by atoms with Crippen molar-refractivity contribution >= 4 is 39.4 Å². The van der Waals surface area contributed by atoms with Crippen LogP contribution < -0.4 is 15.4 Å². The van der Waals surface area contributed by atoms with Gasteiger partial charge in [0.15, 0.2) is 0 Å². The lowest BCUT2D eigenvalue weighted by Crippen LogP contribution is -2.62. The standard InChI is InChI=1S/C25H27N7O4S.2H2/c1-15-19(8-16(9-27-15)29-21(33)12-31-13-25(2,14-31)36-4)30-22(34)18-10-28-32-11-20(37-24(18)32)17-6-5-7-26-23(17)35-3;;/h5-11H,12-14H2,1-4H3,(H,29,33)(H,30,34);2*1H. The Hall–Kier alpha value is -3.87. The number of fused-ring (bicyclic) bond motifs is 1. The predicted molar refractivity (Wildman–Crippen MR) is 144 cm³/mol. The summed E-state index contributed by atoms with van der Waals surface area (Å²) in [5.41, 5.74) is 2.68. The highest BCUT2D eigenvalue weighted by Crippen LogP contribution is 2.35. The van der Waals surface area contributed by atoms with E-state index < -0.39 is 0 Å². The van der Waals surface area contributed by atoms with E-state index in [1.165, 1.54) is 17.5 Å². The van der Waals surface area contributed by atoms with Gasteiger partial charge < -0.3 is 20.1 Å². The summed E-state index contributed by atoms with van der Waals surface area (Å²) in [6.45, 7) is 5.45. The highest BCUT2D eigenvalue weighted by Gasteiger charge is 2.39. The summed E-state index contributed by atoms with van der Waals surface area (Å²) in [7, 11) is 3.24. The maximum atomic E-state index is 13.2. The average molecular weight is 526 g/mol. The van der Waals surface area contributed by atoms with Crippen molar-refractivity contribution in [1.29, 1.82) is 0 Å². The van der Waals surface area contributed by atoms with E-state index in [1.54, 1.807) is 44.1 Å². The topological polar surface area (TPSA) is 123 Å². The Kier molecular flexibility index (Phi) is 6.63. The van der Waals surface area contributed by atoms with Crippen molar-refractivity contribution in [1.82, 2.24) is 24.5 Å². The van der Waals surface area contributed by atoms with Crippen LogP contribution in [-0.2, 0) is 9.53 Å². The fourth-order valence-electron chi connectivity index (χ4n) is 4.27. The molecule has 0 radical (unpaired) electrons. The fourth-order valence-corrected chi connectivity index (χ4v) is 5.34. The molecule has 11 nitrogen and oxygen atoms in total. The van der Waals surface area contributed by atoms with Gasteiger partial charge in [-0.1, -0.05) is 0 Å². The number of anilines is 2. The van der Waals surface area contributed by atoms with E-state index in [1.807, 2.05) is 30.2 Å². The highest BCUT2D eigenvalue weighted by atomic mass is 32.1. The average Bonchev–Trinajstić information content (AvgIpc) is 3.46. The van der Waals surface area contributed by atoms with Crippen molar-refractivity contribution in [2.75, 3.05) is 44.5 Å². The van der Waals surface area contributed by atoms with Crippen LogP contribution in [0.25, 0.3) is 15.3 Å². The monoisotopic (exact) mass is 525 g/mol. The number of aryl methyl sites for hydroxylation is 1. The summed E-state index contributed by atoms with van der Waals surface area (Å²) in [5.74, 6) is 0.0196. The van der Waals surface area contributed by atoms with E-state index in [2.05, 4.69) is 25.7 Å². The number of pyridine rings is 2. The molecule has 2 amide bonds. The third-order valence-electron chi connectivity index (χ3n) is 6.27.